The normalized spacial score (nSPS) is 12.2. The molecule has 1 aromatic carbocycles. The van der Waals surface area contributed by atoms with E-state index in [1.807, 2.05) is 20.8 Å². The highest BCUT2D eigenvalue weighted by Crippen LogP contribution is 2.27. The highest BCUT2D eigenvalue weighted by molar-refractivity contribution is 7.89. The zero-order valence-electron chi connectivity index (χ0n) is 11.0. The van der Waals surface area contributed by atoms with Crippen molar-refractivity contribution in [3.05, 3.63) is 23.8 Å². The van der Waals surface area contributed by atoms with Crippen molar-refractivity contribution >= 4 is 16.0 Å². The van der Waals surface area contributed by atoms with E-state index in [1.165, 1.54) is 12.1 Å². The topological polar surface area (TPSA) is 107 Å². The maximum Gasteiger partial charge on any atom is 0.339 e. The van der Waals surface area contributed by atoms with Crippen molar-refractivity contribution in [3.8, 4) is 5.75 Å². The van der Waals surface area contributed by atoms with Crippen LogP contribution >= 0.6 is 0 Å². The van der Waals surface area contributed by atoms with E-state index >= 15 is 0 Å². The number of hydrogen-bond acceptors (Lipinski definition) is 4. The third kappa shape index (κ3) is 3.93. The van der Waals surface area contributed by atoms with Crippen LogP contribution in [0.15, 0.2) is 23.1 Å². The summed E-state index contributed by atoms with van der Waals surface area (Å²) in [4.78, 5) is 10.9. The maximum atomic E-state index is 11.2. The zero-order valence-corrected chi connectivity index (χ0v) is 11.8. The molecule has 0 saturated carbocycles. The lowest BCUT2D eigenvalue weighted by atomic mass is 10.1. The fourth-order valence-corrected chi connectivity index (χ4v) is 1.85. The Hall–Kier alpha value is -1.60. The molecular weight excluding hydrogens is 270 g/mol. The van der Waals surface area contributed by atoms with E-state index in [-0.39, 0.29) is 16.2 Å². The summed E-state index contributed by atoms with van der Waals surface area (Å²) in [7, 11) is -3.94. The summed E-state index contributed by atoms with van der Waals surface area (Å²) >= 11 is 0. The van der Waals surface area contributed by atoms with E-state index in [4.69, 9.17) is 15.0 Å². The van der Waals surface area contributed by atoms with Crippen LogP contribution in [0, 0.1) is 0 Å². The highest BCUT2D eigenvalue weighted by atomic mass is 32.2. The van der Waals surface area contributed by atoms with E-state index in [9.17, 15) is 13.2 Å². The number of carboxylic acid groups (broad SMARTS) is 1. The van der Waals surface area contributed by atoms with Crippen molar-refractivity contribution in [2.45, 2.75) is 37.7 Å². The monoisotopic (exact) mass is 287 g/mol. The number of carbonyl (C=O) groups is 1. The van der Waals surface area contributed by atoms with Gasteiger partial charge in [0, 0.05) is 0 Å². The summed E-state index contributed by atoms with van der Waals surface area (Å²) in [6.45, 7) is 5.53. The van der Waals surface area contributed by atoms with Gasteiger partial charge in [0.1, 0.15) is 16.9 Å². The lowest BCUT2D eigenvalue weighted by Gasteiger charge is -2.25. The molecule has 0 bridgehead atoms. The summed E-state index contributed by atoms with van der Waals surface area (Å²) in [5.41, 5.74) is -0.777. The van der Waals surface area contributed by atoms with E-state index in [2.05, 4.69) is 0 Å². The number of hydrogen-bond donors (Lipinski definition) is 2. The molecule has 0 aliphatic rings. The predicted octanol–water partition coefficient (Wildman–Crippen LogP) is 1.60. The van der Waals surface area contributed by atoms with Crippen molar-refractivity contribution in [2.24, 2.45) is 5.14 Å². The molecule has 0 aliphatic carbocycles. The number of sulfonamides is 1. The van der Waals surface area contributed by atoms with Crippen LogP contribution in [-0.4, -0.2) is 25.1 Å². The number of aromatic carboxylic acids is 1. The Morgan fingerprint density at radius 1 is 1.42 bits per heavy atom. The number of rotatable bonds is 5. The van der Waals surface area contributed by atoms with Crippen LogP contribution in [0.3, 0.4) is 0 Å². The van der Waals surface area contributed by atoms with Gasteiger partial charge in [0.05, 0.1) is 4.90 Å². The number of carboxylic acids is 1. The smallest absolute Gasteiger partial charge is 0.339 e. The number of ether oxygens (including phenoxy) is 1. The maximum absolute atomic E-state index is 11.2. The van der Waals surface area contributed by atoms with Crippen LogP contribution in [0.1, 0.15) is 37.6 Å². The Morgan fingerprint density at radius 2 is 2.00 bits per heavy atom. The number of benzene rings is 1. The average Bonchev–Trinajstić information content (AvgIpc) is 2.27. The van der Waals surface area contributed by atoms with Gasteiger partial charge in [-0.15, -0.1) is 0 Å². The lowest BCUT2D eigenvalue weighted by Crippen LogP contribution is -2.27. The first-order valence-electron chi connectivity index (χ1n) is 5.66. The fourth-order valence-electron chi connectivity index (χ4n) is 1.31. The van der Waals surface area contributed by atoms with Crippen molar-refractivity contribution < 1.29 is 23.1 Å². The van der Waals surface area contributed by atoms with Crippen LogP contribution in [0.25, 0.3) is 0 Å². The summed E-state index contributed by atoms with van der Waals surface area (Å²) < 4.78 is 28.0. The second-order valence-electron chi connectivity index (χ2n) is 4.72. The molecule has 3 N–H and O–H groups in total. The fraction of sp³-hybridized carbons (Fsp3) is 0.417. The molecule has 7 heteroatoms. The minimum absolute atomic E-state index is 0.117. The van der Waals surface area contributed by atoms with Crippen molar-refractivity contribution in [2.75, 3.05) is 0 Å². The van der Waals surface area contributed by atoms with Gasteiger partial charge in [-0.2, -0.15) is 0 Å². The Balaban J connectivity index is 3.31. The van der Waals surface area contributed by atoms with Gasteiger partial charge >= 0.3 is 5.97 Å². The minimum atomic E-state index is -3.94. The summed E-state index contributed by atoms with van der Waals surface area (Å²) in [5, 5.41) is 14.1. The SMILES string of the molecule is CCC(C)(C)Oc1ccc(S(N)(=O)=O)cc1C(=O)O. The summed E-state index contributed by atoms with van der Waals surface area (Å²) in [6.07, 6.45) is 0.670. The first kappa shape index (κ1) is 15.5. The molecule has 0 atom stereocenters. The molecule has 0 fully saturated rings. The van der Waals surface area contributed by atoms with Gasteiger partial charge in [0.15, 0.2) is 0 Å². The third-order valence-electron chi connectivity index (χ3n) is 2.75. The standard InChI is InChI=1S/C12H17NO5S/c1-4-12(2,3)18-10-6-5-8(19(13,16)17)7-9(10)11(14)15/h5-7H,4H2,1-3H3,(H,14,15)(H2,13,16,17). The summed E-state index contributed by atoms with van der Waals surface area (Å²) in [6, 6.07) is 3.53. The predicted molar refractivity (Wildman–Crippen MR) is 69.8 cm³/mol. The average molecular weight is 287 g/mol. The second kappa shape index (κ2) is 5.18. The van der Waals surface area contributed by atoms with Crippen LogP contribution in [0.2, 0.25) is 0 Å². The molecule has 0 radical (unpaired) electrons. The van der Waals surface area contributed by atoms with Gasteiger partial charge in [0.2, 0.25) is 10.0 Å². The Labute approximate surface area is 112 Å². The van der Waals surface area contributed by atoms with Crippen LogP contribution in [-0.2, 0) is 10.0 Å². The lowest BCUT2D eigenvalue weighted by molar-refractivity contribution is 0.0671. The quantitative estimate of drug-likeness (QED) is 0.855. The molecule has 0 aliphatic heterocycles. The molecule has 6 nitrogen and oxygen atoms in total. The molecule has 106 valence electrons. The molecule has 19 heavy (non-hydrogen) atoms. The van der Waals surface area contributed by atoms with E-state index in [1.54, 1.807) is 0 Å². The van der Waals surface area contributed by atoms with Crippen molar-refractivity contribution in [1.82, 2.24) is 0 Å². The molecule has 1 aromatic rings. The first-order valence-corrected chi connectivity index (χ1v) is 7.20. The summed E-state index contributed by atoms with van der Waals surface area (Å²) in [5.74, 6) is -1.15. The minimum Gasteiger partial charge on any atom is -0.487 e. The van der Waals surface area contributed by atoms with E-state index < -0.39 is 21.6 Å². The first-order chi connectivity index (χ1) is 8.57. The van der Waals surface area contributed by atoms with Gasteiger partial charge in [-0.05, 0) is 38.5 Å². The largest absolute Gasteiger partial charge is 0.487 e. The molecule has 0 unspecified atom stereocenters. The van der Waals surface area contributed by atoms with E-state index in [0.717, 1.165) is 6.07 Å². The molecule has 0 amide bonds. The zero-order chi connectivity index (χ0) is 14.8. The van der Waals surface area contributed by atoms with Crippen LogP contribution in [0.4, 0.5) is 0 Å². The highest BCUT2D eigenvalue weighted by Gasteiger charge is 2.22. The molecule has 0 spiro atoms. The van der Waals surface area contributed by atoms with Crippen molar-refractivity contribution in [3.63, 3.8) is 0 Å². The second-order valence-corrected chi connectivity index (χ2v) is 6.28. The molecule has 0 heterocycles. The van der Waals surface area contributed by atoms with Crippen LogP contribution < -0.4 is 9.88 Å². The van der Waals surface area contributed by atoms with Crippen LogP contribution in [0.5, 0.6) is 5.75 Å². The molecule has 0 aromatic heterocycles. The van der Waals surface area contributed by atoms with Gasteiger partial charge in [-0.3, -0.25) is 0 Å². The van der Waals surface area contributed by atoms with Gasteiger partial charge in [0.25, 0.3) is 0 Å². The Morgan fingerprint density at radius 3 is 2.42 bits per heavy atom. The number of primary sulfonamides is 1. The molecule has 1 rings (SSSR count). The molecule has 0 saturated heterocycles. The Kier molecular flexibility index (Phi) is 4.21. The third-order valence-corrected chi connectivity index (χ3v) is 3.66. The van der Waals surface area contributed by atoms with E-state index in [0.29, 0.717) is 6.42 Å². The van der Waals surface area contributed by atoms with Gasteiger partial charge < -0.3 is 9.84 Å². The van der Waals surface area contributed by atoms with Gasteiger partial charge in [-0.25, -0.2) is 18.4 Å². The number of nitrogens with two attached hydrogens (primary N) is 1. The molecular formula is C12H17NO5S. The Bertz CT molecular complexity index is 592. The van der Waals surface area contributed by atoms with Gasteiger partial charge in [-0.1, -0.05) is 6.92 Å². The van der Waals surface area contributed by atoms with Crippen molar-refractivity contribution in [1.29, 1.82) is 0 Å².